The maximum atomic E-state index is 13.1. The van der Waals surface area contributed by atoms with Crippen LogP contribution in [0.3, 0.4) is 0 Å². The fourth-order valence-electron chi connectivity index (χ4n) is 2.42. The van der Waals surface area contributed by atoms with Gasteiger partial charge in [0.1, 0.15) is 11.7 Å². The number of carbonyl (C=O) groups is 2. The van der Waals surface area contributed by atoms with E-state index in [2.05, 4.69) is 9.72 Å². The summed E-state index contributed by atoms with van der Waals surface area (Å²) in [5.74, 6) is -1.69. The summed E-state index contributed by atoms with van der Waals surface area (Å²) in [5.41, 5.74) is 0.475. The summed E-state index contributed by atoms with van der Waals surface area (Å²) in [5, 5.41) is 1.84. The van der Waals surface area contributed by atoms with E-state index in [1.807, 2.05) is 5.32 Å². The Balaban J connectivity index is 2.38. The number of aromatic nitrogens is 2. The smallest absolute Gasteiger partial charge is 0.409 e. The second-order valence-corrected chi connectivity index (χ2v) is 5.39. The molecule has 0 fully saturated rings. The Labute approximate surface area is 147 Å². The molecule has 0 radical (unpaired) electrons. The first kappa shape index (κ1) is 19.5. The highest BCUT2D eigenvalue weighted by Gasteiger charge is 2.42. The van der Waals surface area contributed by atoms with E-state index in [0.29, 0.717) is 18.0 Å². The number of carbonyl (C=O) groups excluding carboxylic acids is 2. The van der Waals surface area contributed by atoms with E-state index in [1.54, 1.807) is 19.1 Å². The van der Waals surface area contributed by atoms with E-state index in [1.165, 1.54) is 17.5 Å². The first-order valence-electron chi connectivity index (χ1n) is 7.73. The number of ether oxygens (including phenoxy) is 2. The predicted octanol–water partition coefficient (Wildman–Crippen LogP) is 2.27. The Bertz CT molecular complexity index is 817. The fraction of sp³-hybridized carbons (Fsp3) is 0.438. The van der Waals surface area contributed by atoms with Gasteiger partial charge in [-0.3, -0.25) is 14.0 Å². The molecule has 10 heteroatoms. The van der Waals surface area contributed by atoms with Crippen molar-refractivity contribution >= 4 is 17.5 Å². The van der Waals surface area contributed by atoms with Gasteiger partial charge < -0.3 is 14.8 Å². The molecule has 7 nitrogen and oxygen atoms in total. The molecule has 0 aromatic carbocycles. The molecular formula is C16H18F3N3O4. The maximum absolute atomic E-state index is 13.1. The lowest BCUT2D eigenvalue weighted by Crippen LogP contribution is -2.47. The number of fused-ring (bicyclic) bond motifs is 1. The molecule has 0 saturated carbocycles. The molecule has 0 aliphatic rings. The quantitative estimate of drug-likeness (QED) is 0.786. The van der Waals surface area contributed by atoms with Crippen molar-refractivity contribution in [3.05, 3.63) is 29.7 Å². The minimum absolute atomic E-state index is 0.0688. The number of halogens is 3. The molecule has 2 aromatic rings. The van der Waals surface area contributed by atoms with Crippen LogP contribution in [-0.4, -0.2) is 47.2 Å². The number of methoxy groups -OCH3 is 1. The van der Waals surface area contributed by atoms with Gasteiger partial charge in [-0.1, -0.05) is 0 Å². The average molecular weight is 373 g/mol. The SMILES string of the molecule is CCOc1cccn2c(C(=O)NC(CC(=O)OC)C(F)(F)F)c(C)nc12. The highest BCUT2D eigenvalue weighted by atomic mass is 19.4. The third-order valence-electron chi connectivity index (χ3n) is 3.60. The van der Waals surface area contributed by atoms with Gasteiger partial charge in [0.25, 0.3) is 5.91 Å². The number of nitrogens with zero attached hydrogens (tertiary/aromatic N) is 2. The summed E-state index contributed by atoms with van der Waals surface area (Å²) in [6, 6.07) is 0.858. The van der Waals surface area contributed by atoms with Crippen molar-refractivity contribution in [1.29, 1.82) is 0 Å². The first-order chi connectivity index (χ1) is 12.2. The molecule has 0 aliphatic carbocycles. The van der Waals surface area contributed by atoms with Crippen LogP contribution in [0.1, 0.15) is 29.5 Å². The second-order valence-electron chi connectivity index (χ2n) is 5.39. The van der Waals surface area contributed by atoms with Gasteiger partial charge in [-0.25, -0.2) is 4.98 Å². The molecule has 0 saturated heterocycles. The van der Waals surface area contributed by atoms with Crippen molar-refractivity contribution in [1.82, 2.24) is 14.7 Å². The van der Waals surface area contributed by atoms with Gasteiger partial charge in [0.15, 0.2) is 11.4 Å². The number of nitrogens with one attached hydrogen (secondary N) is 1. The van der Waals surface area contributed by atoms with E-state index in [0.717, 1.165) is 7.11 Å². The van der Waals surface area contributed by atoms with Crippen LogP contribution < -0.4 is 10.1 Å². The van der Waals surface area contributed by atoms with Crippen LogP contribution in [0.4, 0.5) is 13.2 Å². The Morgan fingerprint density at radius 1 is 1.38 bits per heavy atom. The topological polar surface area (TPSA) is 81.9 Å². The monoisotopic (exact) mass is 373 g/mol. The molecule has 26 heavy (non-hydrogen) atoms. The van der Waals surface area contributed by atoms with Crippen molar-refractivity contribution < 1.29 is 32.2 Å². The van der Waals surface area contributed by atoms with E-state index >= 15 is 0 Å². The van der Waals surface area contributed by atoms with Crippen LogP contribution in [0.5, 0.6) is 5.75 Å². The van der Waals surface area contributed by atoms with E-state index in [9.17, 15) is 22.8 Å². The molecule has 0 spiro atoms. The number of rotatable bonds is 6. The number of aryl methyl sites for hydroxylation is 1. The van der Waals surface area contributed by atoms with Crippen LogP contribution in [0.25, 0.3) is 5.65 Å². The van der Waals surface area contributed by atoms with Gasteiger partial charge in [0, 0.05) is 6.20 Å². The van der Waals surface area contributed by atoms with Crippen LogP contribution in [0.15, 0.2) is 18.3 Å². The molecule has 1 amide bonds. The summed E-state index contributed by atoms with van der Waals surface area (Å²) in [4.78, 5) is 27.9. The molecule has 2 heterocycles. The van der Waals surface area contributed by atoms with Gasteiger partial charge in [-0.2, -0.15) is 13.2 Å². The second kappa shape index (κ2) is 7.63. The molecule has 1 unspecified atom stereocenters. The predicted molar refractivity (Wildman–Crippen MR) is 85.0 cm³/mol. The number of pyridine rings is 1. The fourth-order valence-corrected chi connectivity index (χ4v) is 2.42. The lowest BCUT2D eigenvalue weighted by molar-refractivity contribution is -0.166. The summed E-state index contributed by atoms with van der Waals surface area (Å²) in [6.07, 6.45) is -4.34. The van der Waals surface area contributed by atoms with Gasteiger partial charge in [-0.05, 0) is 26.0 Å². The minimum atomic E-state index is -4.81. The molecular weight excluding hydrogens is 355 g/mol. The Morgan fingerprint density at radius 2 is 2.08 bits per heavy atom. The number of imidazole rings is 1. The average Bonchev–Trinajstić information content (AvgIpc) is 2.90. The lowest BCUT2D eigenvalue weighted by Gasteiger charge is -2.20. The van der Waals surface area contributed by atoms with Crippen molar-refractivity contribution in [2.75, 3.05) is 13.7 Å². The number of amides is 1. The van der Waals surface area contributed by atoms with E-state index in [-0.39, 0.29) is 11.4 Å². The summed E-state index contributed by atoms with van der Waals surface area (Å²) >= 11 is 0. The van der Waals surface area contributed by atoms with Crippen molar-refractivity contribution in [3.8, 4) is 5.75 Å². The zero-order valence-corrected chi connectivity index (χ0v) is 14.4. The number of hydrogen-bond donors (Lipinski definition) is 1. The van der Waals surface area contributed by atoms with Gasteiger partial charge in [-0.15, -0.1) is 0 Å². The van der Waals surface area contributed by atoms with Crippen LogP contribution in [0.2, 0.25) is 0 Å². The van der Waals surface area contributed by atoms with Gasteiger partial charge >= 0.3 is 12.1 Å². The van der Waals surface area contributed by atoms with E-state index in [4.69, 9.17) is 4.74 Å². The molecule has 2 aromatic heterocycles. The third kappa shape index (κ3) is 4.06. The largest absolute Gasteiger partial charge is 0.490 e. The van der Waals surface area contributed by atoms with E-state index < -0.39 is 30.5 Å². The number of hydrogen-bond acceptors (Lipinski definition) is 5. The highest BCUT2D eigenvalue weighted by molar-refractivity contribution is 5.95. The third-order valence-corrected chi connectivity index (χ3v) is 3.60. The molecule has 2 rings (SSSR count). The van der Waals surface area contributed by atoms with Gasteiger partial charge in [0.05, 0.1) is 25.8 Å². The standard InChI is InChI=1S/C16H18F3N3O4/c1-4-26-10-6-5-7-22-13(9(2)20-14(10)22)15(24)21-11(16(17,18)19)8-12(23)25-3/h5-7,11H,4,8H2,1-3H3,(H,21,24). The summed E-state index contributed by atoms with van der Waals surface area (Å²) < 4.78 is 50.4. The van der Waals surface area contributed by atoms with Crippen LogP contribution in [0, 0.1) is 6.92 Å². The van der Waals surface area contributed by atoms with Crippen molar-refractivity contribution in [2.24, 2.45) is 0 Å². The lowest BCUT2D eigenvalue weighted by atomic mass is 10.2. The normalized spacial score (nSPS) is 12.7. The Hall–Kier alpha value is -2.78. The molecule has 1 atom stereocenters. The maximum Gasteiger partial charge on any atom is 0.409 e. The molecule has 142 valence electrons. The van der Waals surface area contributed by atoms with Crippen molar-refractivity contribution in [2.45, 2.75) is 32.5 Å². The Kier molecular flexibility index (Phi) is 5.73. The molecule has 1 N–H and O–H groups in total. The van der Waals surface area contributed by atoms with Gasteiger partial charge in [0.2, 0.25) is 0 Å². The summed E-state index contributed by atoms with van der Waals surface area (Å²) in [7, 11) is 0.974. The zero-order valence-electron chi connectivity index (χ0n) is 14.4. The van der Waals surface area contributed by atoms with Crippen molar-refractivity contribution in [3.63, 3.8) is 0 Å². The molecule has 0 bridgehead atoms. The van der Waals surface area contributed by atoms with Crippen LogP contribution >= 0.6 is 0 Å². The first-order valence-corrected chi connectivity index (χ1v) is 7.73. The minimum Gasteiger partial charge on any atom is -0.490 e. The highest BCUT2D eigenvalue weighted by Crippen LogP contribution is 2.25. The molecule has 0 aliphatic heterocycles. The Morgan fingerprint density at radius 3 is 2.65 bits per heavy atom. The zero-order chi connectivity index (χ0) is 19.5. The van der Waals surface area contributed by atoms with Crippen LogP contribution in [-0.2, 0) is 9.53 Å². The number of esters is 1. The summed E-state index contributed by atoms with van der Waals surface area (Å²) in [6.45, 7) is 3.64. The number of alkyl halides is 3.